The molecule has 1 saturated carbocycles. The third-order valence-corrected chi connectivity index (χ3v) is 4.21. The highest BCUT2D eigenvalue weighted by Gasteiger charge is 2.27. The van der Waals surface area contributed by atoms with Crippen LogP contribution in [-0.4, -0.2) is 36.7 Å². The van der Waals surface area contributed by atoms with Crippen molar-refractivity contribution in [2.45, 2.75) is 37.8 Å². The largest absolute Gasteiger partial charge is 0.370 e. The monoisotopic (exact) mass is 274 g/mol. The van der Waals surface area contributed by atoms with Gasteiger partial charge in [-0.2, -0.15) is 0 Å². The van der Waals surface area contributed by atoms with Crippen molar-refractivity contribution < 1.29 is 9.53 Å². The van der Waals surface area contributed by atoms with E-state index in [9.17, 15) is 4.79 Å². The second kappa shape index (κ2) is 6.27. The minimum Gasteiger partial charge on any atom is -0.370 e. The summed E-state index contributed by atoms with van der Waals surface area (Å²) in [6.07, 6.45) is 4.72. The Hall–Kier alpha value is -1.55. The van der Waals surface area contributed by atoms with E-state index in [1.165, 1.54) is 12.8 Å². The summed E-state index contributed by atoms with van der Waals surface area (Å²) in [5.74, 6) is 0. The average Bonchev–Trinajstić information content (AvgIpc) is 3.01. The van der Waals surface area contributed by atoms with Crippen LogP contribution in [0.25, 0.3) is 0 Å². The maximum absolute atomic E-state index is 12.3. The van der Waals surface area contributed by atoms with E-state index >= 15 is 0 Å². The number of rotatable bonds is 2. The number of hydrogen-bond acceptors (Lipinski definition) is 2. The Bertz CT molecular complexity index is 443. The molecule has 1 N–H and O–H groups in total. The summed E-state index contributed by atoms with van der Waals surface area (Å²) in [6, 6.07) is 10.6. The van der Waals surface area contributed by atoms with Crippen LogP contribution < -0.4 is 5.32 Å². The van der Waals surface area contributed by atoms with Crippen molar-refractivity contribution in [2.24, 2.45) is 0 Å². The normalized spacial score (nSPS) is 23.8. The Kier molecular flexibility index (Phi) is 4.21. The second-order valence-corrected chi connectivity index (χ2v) is 5.65. The van der Waals surface area contributed by atoms with Crippen molar-refractivity contribution in [3.8, 4) is 0 Å². The van der Waals surface area contributed by atoms with E-state index in [0.717, 1.165) is 18.4 Å². The molecule has 2 fully saturated rings. The number of nitrogens with zero attached hydrogens (tertiary/aromatic N) is 1. The molecule has 3 rings (SSSR count). The van der Waals surface area contributed by atoms with E-state index in [4.69, 9.17) is 4.74 Å². The zero-order valence-corrected chi connectivity index (χ0v) is 11.8. The Labute approximate surface area is 120 Å². The number of ether oxygens (including phenoxy) is 1. The first-order chi connectivity index (χ1) is 9.83. The molecule has 108 valence electrons. The number of hydrogen-bond donors (Lipinski definition) is 1. The molecule has 1 aromatic rings. The lowest BCUT2D eigenvalue weighted by Gasteiger charge is -2.34. The molecular formula is C16H22N2O2. The molecule has 0 spiro atoms. The van der Waals surface area contributed by atoms with Crippen LogP contribution in [0.4, 0.5) is 4.79 Å². The molecular weight excluding hydrogens is 252 g/mol. The average molecular weight is 274 g/mol. The van der Waals surface area contributed by atoms with Gasteiger partial charge in [0, 0.05) is 12.6 Å². The molecule has 0 aromatic heterocycles. The Morgan fingerprint density at radius 1 is 1.20 bits per heavy atom. The number of carbonyl (C=O) groups excluding carboxylic acids is 1. The van der Waals surface area contributed by atoms with Gasteiger partial charge in [-0.15, -0.1) is 0 Å². The summed E-state index contributed by atoms with van der Waals surface area (Å²) in [7, 11) is 0. The van der Waals surface area contributed by atoms with Gasteiger partial charge in [0.15, 0.2) is 0 Å². The van der Waals surface area contributed by atoms with Gasteiger partial charge in [-0.1, -0.05) is 43.2 Å². The van der Waals surface area contributed by atoms with Crippen LogP contribution in [0.2, 0.25) is 0 Å². The summed E-state index contributed by atoms with van der Waals surface area (Å²) >= 11 is 0. The van der Waals surface area contributed by atoms with Crippen molar-refractivity contribution in [1.82, 2.24) is 10.2 Å². The maximum atomic E-state index is 12.3. The molecule has 4 nitrogen and oxygen atoms in total. The van der Waals surface area contributed by atoms with Crippen molar-refractivity contribution in [3.63, 3.8) is 0 Å². The molecule has 0 bridgehead atoms. The fraction of sp³-hybridized carbons (Fsp3) is 0.562. The zero-order chi connectivity index (χ0) is 13.8. The van der Waals surface area contributed by atoms with Crippen LogP contribution >= 0.6 is 0 Å². The van der Waals surface area contributed by atoms with Gasteiger partial charge < -0.3 is 15.0 Å². The lowest BCUT2D eigenvalue weighted by atomic mass is 10.1. The first-order valence-corrected chi connectivity index (χ1v) is 7.55. The van der Waals surface area contributed by atoms with Crippen molar-refractivity contribution in [2.75, 3.05) is 19.7 Å². The molecule has 0 radical (unpaired) electrons. The van der Waals surface area contributed by atoms with Gasteiger partial charge in [-0.05, 0) is 18.4 Å². The number of benzene rings is 1. The van der Waals surface area contributed by atoms with E-state index < -0.39 is 0 Å². The Balaban J connectivity index is 1.58. The minimum absolute atomic E-state index is 0.000668. The number of carbonyl (C=O) groups is 1. The first-order valence-electron chi connectivity index (χ1n) is 7.55. The lowest BCUT2D eigenvalue weighted by Crippen LogP contribution is -2.49. The Morgan fingerprint density at radius 2 is 1.95 bits per heavy atom. The summed E-state index contributed by atoms with van der Waals surface area (Å²) in [4.78, 5) is 14.2. The van der Waals surface area contributed by atoms with Crippen molar-refractivity contribution >= 4 is 6.03 Å². The Morgan fingerprint density at radius 3 is 2.70 bits per heavy atom. The standard InChI is InChI=1S/C16H22N2O2/c19-16(17-14-8-4-5-9-14)18-10-11-20-15(12-18)13-6-2-1-3-7-13/h1-3,6-7,14-15H,4-5,8-12H2,(H,17,19). The second-order valence-electron chi connectivity index (χ2n) is 5.65. The highest BCUT2D eigenvalue weighted by molar-refractivity contribution is 5.74. The summed E-state index contributed by atoms with van der Waals surface area (Å²) in [6.45, 7) is 1.93. The van der Waals surface area contributed by atoms with E-state index in [2.05, 4.69) is 17.4 Å². The van der Waals surface area contributed by atoms with Crippen LogP contribution in [0.5, 0.6) is 0 Å². The van der Waals surface area contributed by atoms with Gasteiger partial charge >= 0.3 is 6.03 Å². The molecule has 1 aromatic carbocycles. The van der Waals surface area contributed by atoms with Gasteiger partial charge in [0.05, 0.1) is 13.2 Å². The number of morpholine rings is 1. The lowest BCUT2D eigenvalue weighted by molar-refractivity contribution is -0.0157. The maximum Gasteiger partial charge on any atom is 0.317 e. The van der Waals surface area contributed by atoms with Crippen molar-refractivity contribution in [1.29, 1.82) is 0 Å². The molecule has 1 heterocycles. The van der Waals surface area contributed by atoms with Gasteiger partial charge in [0.2, 0.25) is 0 Å². The first kappa shape index (κ1) is 13.4. The summed E-state index contributed by atoms with van der Waals surface area (Å²) in [5, 5.41) is 3.15. The molecule has 1 saturated heterocycles. The number of urea groups is 1. The topological polar surface area (TPSA) is 41.6 Å². The molecule has 1 aliphatic carbocycles. The van der Waals surface area contributed by atoms with Crippen LogP contribution in [0.15, 0.2) is 30.3 Å². The fourth-order valence-electron chi connectivity index (χ4n) is 3.04. The molecule has 1 unspecified atom stereocenters. The van der Waals surface area contributed by atoms with Crippen LogP contribution in [-0.2, 0) is 4.74 Å². The third-order valence-electron chi connectivity index (χ3n) is 4.21. The predicted molar refractivity (Wildman–Crippen MR) is 77.5 cm³/mol. The highest BCUT2D eigenvalue weighted by atomic mass is 16.5. The van der Waals surface area contributed by atoms with E-state index in [1.807, 2.05) is 23.1 Å². The summed E-state index contributed by atoms with van der Waals surface area (Å²) in [5.41, 5.74) is 1.14. The van der Waals surface area contributed by atoms with Crippen LogP contribution in [0.3, 0.4) is 0 Å². The predicted octanol–water partition coefficient (Wildman–Crippen LogP) is 2.71. The smallest absolute Gasteiger partial charge is 0.317 e. The molecule has 20 heavy (non-hydrogen) atoms. The van der Waals surface area contributed by atoms with E-state index in [-0.39, 0.29) is 12.1 Å². The fourth-order valence-corrected chi connectivity index (χ4v) is 3.04. The quantitative estimate of drug-likeness (QED) is 0.901. The van der Waals surface area contributed by atoms with Gasteiger partial charge in [0.1, 0.15) is 6.10 Å². The summed E-state index contributed by atoms with van der Waals surface area (Å²) < 4.78 is 5.79. The molecule has 1 atom stereocenters. The number of amides is 2. The van der Waals surface area contributed by atoms with Crippen LogP contribution in [0, 0.1) is 0 Å². The van der Waals surface area contributed by atoms with Crippen molar-refractivity contribution in [3.05, 3.63) is 35.9 Å². The SMILES string of the molecule is O=C(NC1CCCC1)N1CCOC(c2ccccc2)C1. The molecule has 2 amide bonds. The van der Waals surface area contributed by atoms with Gasteiger partial charge in [0.25, 0.3) is 0 Å². The molecule has 4 heteroatoms. The van der Waals surface area contributed by atoms with E-state index in [0.29, 0.717) is 25.7 Å². The van der Waals surface area contributed by atoms with E-state index in [1.54, 1.807) is 0 Å². The van der Waals surface area contributed by atoms with Gasteiger partial charge in [-0.25, -0.2) is 4.79 Å². The number of nitrogens with one attached hydrogen (secondary N) is 1. The third kappa shape index (κ3) is 3.12. The molecule has 1 aliphatic heterocycles. The zero-order valence-electron chi connectivity index (χ0n) is 11.8. The van der Waals surface area contributed by atoms with Gasteiger partial charge in [-0.3, -0.25) is 0 Å². The highest BCUT2D eigenvalue weighted by Crippen LogP contribution is 2.23. The molecule has 2 aliphatic rings. The van der Waals surface area contributed by atoms with Crippen LogP contribution in [0.1, 0.15) is 37.4 Å². The minimum atomic E-state index is -0.000668.